The van der Waals surface area contributed by atoms with Crippen LogP contribution in [0.4, 0.5) is 0 Å². The van der Waals surface area contributed by atoms with E-state index in [1.807, 2.05) is 0 Å². The topological polar surface area (TPSA) is 15.3 Å². The third kappa shape index (κ3) is 3.95. The minimum Gasteiger partial charge on any atom is -0.314 e. The van der Waals surface area contributed by atoms with Gasteiger partial charge in [-0.2, -0.15) is 0 Å². The van der Waals surface area contributed by atoms with Crippen molar-refractivity contribution in [1.82, 2.24) is 10.2 Å². The first-order valence-corrected chi connectivity index (χ1v) is 8.59. The Hall–Kier alpha value is -0.0800. The Bertz CT molecular complexity index is 266. The van der Waals surface area contributed by atoms with E-state index >= 15 is 0 Å². The van der Waals surface area contributed by atoms with Crippen LogP contribution in [0.1, 0.15) is 59.8 Å². The van der Waals surface area contributed by atoms with Crippen molar-refractivity contribution in [3.8, 4) is 0 Å². The fraction of sp³-hybridized carbons (Fsp3) is 1.00. The highest BCUT2D eigenvalue weighted by Crippen LogP contribution is 2.32. The van der Waals surface area contributed by atoms with Crippen LogP contribution in [0.25, 0.3) is 0 Å². The van der Waals surface area contributed by atoms with Crippen LogP contribution < -0.4 is 5.32 Å². The molecule has 2 aliphatic rings. The molecule has 0 radical (unpaired) electrons. The Morgan fingerprint density at radius 1 is 1.11 bits per heavy atom. The minimum absolute atomic E-state index is 0.769. The smallest absolute Gasteiger partial charge is 0.0108 e. The zero-order valence-electron chi connectivity index (χ0n) is 13.5. The van der Waals surface area contributed by atoms with Crippen molar-refractivity contribution in [2.24, 2.45) is 17.8 Å². The molecule has 1 aliphatic carbocycles. The summed E-state index contributed by atoms with van der Waals surface area (Å²) in [7, 11) is 0. The summed E-state index contributed by atoms with van der Waals surface area (Å²) in [5.74, 6) is 2.68. The molecule has 2 fully saturated rings. The van der Waals surface area contributed by atoms with Crippen molar-refractivity contribution in [3.05, 3.63) is 0 Å². The highest BCUT2D eigenvalue weighted by atomic mass is 15.2. The maximum absolute atomic E-state index is 3.74. The van der Waals surface area contributed by atoms with Gasteiger partial charge in [0.1, 0.15) is 0 Å². The highest BCUT2D eigenvalue weighted by molar-refractivity contribution is 4.88. The number of piperidine rings is 1. The summed E-state index contributed by atoms with van der Waals surface area (Å²) in [6.45, 7) is 13.3. The summed E-state index contributed by atoms with van der Waals surface area (Å²) >= 11 is 0. The number of nitrogens with one attached hydrogen (secondary N) is 1. The van der Waals surface area contributed by atoms with Gasteiger partial charge in [0.2, 0.25) is 0 Å². The zero-order valence-corrected chi connectivity index (χ0v) is 13.5. The van der Waals surface area contributed by atoms with E-state index in [9.17, 15) is 0 Å². The number of rotatable bonds is 4. The molecule has 1 aliphatic heterocycles. The van der Waals surface area contributed by atoms with Crippen LogP contribution in [0, 0.1) is 17.8 Å². The van der Waals surface area contributed by atoms with Gasteiger partial charge in [0, 0.05) is 18.6 Å². The summed E-state index contributed by atoms with van der Waals surface area (Å²) in [5, 5.41) is 3.74. The first-order valence-electron chi connectivity index (χ1n) is 8.59. The van der Waals surface area contributed by atoms with Gasteiger partial charge in [0.25, 0.3) is 0 Å². The molecule has 5 unspecified atom stereocenters. The number of hydrogen-bond acceptors (Lipinski definition) is 2. The lowest BCUT2D eigenvalue weighted by Crippen LogP contribution is -2.50. The summed E-state index contributed by atoms with van der Waals surface area (Å²) in [6.07, 6.45) is 7.06. The SMILES string of the molecule is CCNC1CCC(C)CC1CN1CCCC(C)C1C. The second-order valence-electron chi connectivity index (χ2n) is 7.20. The van der Waals surface area contributed by atoms with Gasteiger partial charge in [-0.15, -0.1) is 0 Å². The molecule has 112 valence electrons. The highest BCUT2D eigenvalue weighted by Gasteiger charge is 2.32. The minimum atomic E-state index is 0.769. The van der Waals surface area contributed by atoms with Gasteiger partial charge >= 0.3 is 0 Å². The van der Waals surface area contributed by atoms with Crippen LogP contribution in [-0.4, -0.2) is 36.6 Å². The number of nitrogens with zero attached hydrogens (tertiary/aromatic N) is 1. The van der Waals surface area contributed by atoms with E-state index in [1.54, 1.807) is 0 Å². The molecule has 0 aromatic heterocycles. The molecule has 0 aromatic carbocycles. The van der Waals surface area contributed by atoms with Crippen LogP contribution in [-0.2, 0) is 0 Å². The van der Waals surface area contributed by atoms with Crippen molar-refractivity contribution in [2.45, 2.75) is 71.9 Å². The third-order valence-electron chi connectivity index (χ3n) is 5.68. The van der Waals surface area contributed by atoms with Crippen molar-refractivity contribution in [1.29, 1.82) is 0 Å². The Morgan fingerprint density at radius 2 is 1.89 bits per heavy atom. The van der Waals surface area contributed by atoms with E-state index in [1.165, 1.54) is 45.2 Å². The second kappa shape index (κ2) is 7.08. The monoisotopic (exact) mass is 266 g/mol. The maximum Gasteiger partial charge on any atom is 0.0108 e. The molecule has 1 N–H and O–H groups in total. The van der Waals surface area contributed by atoms with Crippen molar-refractivity contribution >= 4 is 0 Å². The van der Waals surface area contributed by atoms with Crippen LogP contribution in [0.15, 0.2) is 0 Å². The summed E-state index contributed by atoms with van der Waals surface area (Å²) in [5.41, 5.74) is 0. The molecule has 1 saturated heterocycles. The molecule has 2 heteroatoms. The van der Waals surface area contributed by atoms with Crippen molar-refractivity contribution in [3.63, 3.8) is 0 Å². The lowest BCUT2D eigenvalue weighted by atomic mass is 9.77. The van der Waals surface area contributed by atoms with Crippen LogP contribution in [0.2, 0.25) is 0 Å². The number of hydrogen-bond donors (Lipinski definition) is 1. The molecule has 1 saturated carbocycles. The molecule has 5 atom stereocenters. The van der Waals surface area contributed by atoms with E-state index in [-0.39, 0.29) is 0 Å². The summed E-state index contributed by atoms with van der Waals surface area (Å²) < 4.78 is 0. The van der Waals surface area contributed by atoms with E-state index < -0.39 is 0 Å². The fourth-order valence-electron chi connectivity index (χ4n) is 4.21. The third-order valence-corrected chi connectivity index (χ3v) is 5.68. The lowest BCUT2D eigenvalue weighted by Gasteiger charge is -2.43. The summed E-state index contributed by atoms with van der Waals surface area (Å²) in [6, 6.07) is 1.55. The van der Waals surface area contributed by atoms with Crippen molar-refractivity contribution in [2.75, 3.05) is 19.6 Å². The lowest BCUT2D eigenvalue weighted by molar-refractivity contribution is 0.0691. The predicted octanol–water partition coefficient (Wildman–Crippen LogP) is 3.52. The predicted molar refractivity (Wildman–Crippen MR) is 83.4 cm³/mol. The molecule has 19 heavy (non-hydrogen) atoms. The van der Waals surface area contributed by atoms with Gasteiger partial charge in [0.05, 0.1) is 0 Å². The molecule has 0 amide bonds. The first-order chi connectivity index (χ1) is 9.11. The Kier molecular flexibility index (Phi) is 5.70. The van der Waals surface area contributed by atoms with Gasteiger partial charge in [-0.1, -0.05) is 20.8 Å². The normalized spacial score (nSPS) is 41.4. The molecule has 2 rings (SSSR count). The average Bonchev–Trinajstić information content (AvgIpc) is 2.38. The van der Waals surface area contributed by atoms with Gasteiger partial charge < -0.3 is 10.2 Å². The van der Waals surface area contributed by atoms with Gasteiger partial charge in [-0.25, -0.2) is 0 Å². The fourth-order valence-corrected chi connectivity index (χ4v) is 4.21. The van der Waals surface area contributed by atoms with Crippen molar-refractivity contribution < 1.29 is 0 Å². The second-order valence-corrected chi connectivity index (χ2v) is 7.20. The van der Waals surface area contributed by atoms with Crippen LogP contribution >= 0.6 is 0 Å². The summed E-state index contributed by atoms with van der Waals surface area (Å²) in [4.78, 5) is 2.78. The average molecular weight is 266 g/mol. The van der Waals surface area contributed by atoms with Gasteiger partial charge in [0.15, 0.2) is 0 Å². The standard InChI is InChI=1S/C17H34N2/c1-5-18-17-9-8-13(2)11-16(17)12-19-10-6-7-14(3)15(19)4/h13-18H,5-12H2,1-4H3. The van der Waals surface area contributed by atoms with E-state index in [0.29, 0.717) is 0 Å². The van der Waals surface area contributed by atoms with E-state index in [2.05, 4.69) is 37.9 Å². The van der Waals surface area contributed by atoms with E-state index in [0.717, 1.165) is 36.4 Å². The maximum atomic E-state index is 3.74. The molecule has 0 aromatic rings. The largest absolute Gasteiger partial charge is 0.314 e. The first kappa shape index (κ1) is 15.3. The Balaban J connectivity index is 1.93. The van der Waals surface area contributed by atoms with Crippen LogP contribution in [0.5, 0.6) is 0 Å². The van der Waals surface area contributed by atoms with E-state index in [4.69, 9.17) is 0 Å². The van der Waals surface area contributed by atoms with Gasteiger partial charge in [-0.3, -0.25) is 0 Å². The molecule has 0 spiro atoms. The molecular formula is C17H34N2. The van der Waals surface area contributed by atoms with Crippen LogP contribution in [0.3, 0.4) is 0 Å². The van der Waals surface area contributed by atoms with Gasteiger partial charge in [-0.05, 0) is 69.9 Å². The number of likely N-dealkylation sites (tertiary alicyclic amines) is 1. The zero-order chi connectivity index (χ0) is 13.8. The quantitative estimate of drug-likeness (QED) is 0.837. The Morgan fingerprint density at radius 3 is 2.63 bits per heavy atom. The molecule has 0 bridgehead atoms. The Labute approximate surface area is 120 Å². The molecular weight excluding hydrogens is 232 g/mol. The molecule has 2 nitrogen and oxygen atoms in total. The molecule has 1 heterocycles.